The minimum atomic E-state index is -0.621. The summed E-state index contributed by atoms with van der Waals surface area (Å²) < 4.78 is 11.5. The molecule has 2 atom stereocenters. The van der Waals surface area contributed by atoms with Gasteiger partial charge >= 0.3 is 0 Å². The van der Waals surface area contributed by atoms with Crippen molar-refractivity contribution in [3.8, 4) is 11.5 Å². The monoisotopic (exact) mass is 429 g/mol. The van der Waals surface area contributed by atoms with Crippen molar-refractivity contribution >= 4 is 23.2 Å². The van der Waals surface area contributed by atoms with Crippen LogP contribution in [0.1, 0.15) is 11.8 Å². The maximum absolute atomic E-state index is 12.9. The molecule has 0 unspecified atom stereocenters. The predicted octanol–water partition coefficient (Wildman–Crippen LogP) is 1.78. The van der Waals surface area contributed by atoms with E-state index < -0.39 is 6.10 Å². The molecule has 7 nitrogen and oxygen atoms in total. The van der Waals surface area contributed by atoms with Gasteiger partial charge < -0.3 is 19.7 Å². The lowest BCUT2D eigenvalue weighted by molar-refractivity contribution is -0.143. The molecule has 0 bridgehead atoms. The summed E-state index contributed by atoms with van der Waals surface area (Å²) >= 11 is 1.70. The molecular formula is C22H27N3O4S. The molecule has 2 amide bonds. The molecule has 2 aliphatic heterocycles. The number of thiophene rings is 1. The van der Waals surface area contributed by atoms with Gasteiger partial charge in [-0.05, 0) is 36.9 Å². The second-order valence-corrected chi connectivity index (χ2v) is 8.55. The lowest BCUT2D eigenvalue weighted by Crippen LogP contribution is -2.57. The Morgan fingerprint density at radius 3 is 2.63 bits per heavy atom. The number of nitrogens with one attached hydrogen (secondary N) is 1. The first kappa shape index (κ1) is 20.7. The third kappa shape index (κ3) is 4.76. The highest BCUT2D eigenvalue weighted by atomic mass is 32.1. The van der Waals surface area contributed by atoms with Crippen LogP contribution in [0.25, 0.3) is 0 Å². The van der Waals surface area contributed by atoms with Crippen molar-refractivity contribution in [3.05, 3.63) is 46.7 Å². The van der Waals surface area contributed by atoms with Gasteiger partial charge in [0.05, 0.1) is 6.04 Å². The molecule has 30 heavy (non-hydrogen) atoms. The Kier molecular flexibility index (Phi) is 6.54. The van der Waals surface area contributed by atoms with Crippen molar-refractivity contribution in [3.63, 3.8) is 0 Å². The highest BCUT2D eigenvalue weighted by Crippen LogP contribution is 2.31. The van der Waals surface area contributed by atoms with E-state index in [9.17, 15) is 9.59 Å². The Morgan fingerprint density at radius 2 is 1.90 bits per heavy atom. The number of rotatable bonds is 6. The van der Waals surface area contributed by atoms with Gasteiger partial charge in [0.15, 0.2) is 11.5 Å². The fourth-order valence-electron chi connectivity index (χ4n) is 3.75. The van der Waals surface area contributed by atoms with E-state index in [0.29, 0.717) is 44.2 Å². The molecule has 2 aromatic rings. The highest BCUT2D eigenvalue weighted by Gasteiger charge is 2.34. The van der Waals surface area contributed by atoms with E-state index in [4.69, 9.17) is 9.47 Å². The fraction of sp³-hybridized carbons (Fsp3) is 0.455. The third-order valence-electron chi connectivity index (χ3n) is 5.59. The van der Waals surface area contributed by atoms with E-state index in [2.05, 4.69) is 16.3 Å². The summed E-state index contributed by atoms with van der Waals surface area (Å²) in [6, 6.07) is 11.3. The molecule has 1 saturated heterocycles. The summed E-state index contributed by atoms with van der Waals surface area (Å²) in [6.45, 7) is 5.26. The molecule has 1 aromatic heterocycles. The van der Waals surface area contributed by atoms with Gasteiger partial charge in [-0.1, -0.05) is 18.2 Å². The quantitative estimate of drug-likeness (QED) is 0.758. The number of carbonyl (C=O) groups excluding carboxylic acids is 2. The first-order valence-corrected chi connectivity index (χ1v) is 11.2. The van der Waals surface area contributed by atoms with Gasteiger partial charge in [0.1, 0.15) is 6.61 Å². The van der Waals surface area contributed by atoms with Gasteiger partial charge in [-0.3, -0.25) is 14.5 Å². The number of piperazine rings is 1. The van der Waals surface area contributed by atoms with Gasteiger partial charge in [0.25, 0.3) is 5.91 Å². The zero-order valence-corrected chi connectivity index (χ0v) is 17.9. The normalized spacial score (nSPS) is 19.9. The Morgan fingerprint density at radius 1 is 1.13 bits per heavy atom. The number of para-hydroxylation sites is 2. The van der Waals surface area contributed by atoms with Gasteiger partial charge in [-0.15, -0.1) is 11.3 Å². The average Bonchev–Trinajstić information content (AvgIpc) is 3.31. The maximum Gasteiger partial charge on any atom is 0.267 e. The smallest absolute Gasteiger partial charge is 0.267 e. The summed E-state index contributed by atoms with van der Waals surface area (Å²) in [5.41, 5.74) is 0. The van der Waals surface area contributed by atoms with Crippen LogP contribution in [0.2, 0.25) is 0 Å². The van der Waals surface area contributed by atoms with Gasteiger partial charge in [-0.25, -0.2) is 0 Å². The van der Waals surface area contributed by atoms with Crippen LogP contribution in [-0.2, 0) is 16.0 Å². The fourth-order valence-corrected chi connectivity index (χ4v) is 4.46. The molecular weight excluding hydrogens is 402 g/mol. The SMILES string of the molecule is C[C@@H](C(=O)NCCc1cccs1)N1CCN(C(=O)[C@@H]2COc3ccccc3O2)CC1. The molecule has 2 aliphatic rings. The molecule has 1 fully saturated rings. The van der Waals surface area contributed by atoms with Crippen LogP contribution in [0.4, 0.5) is 0 Å². The summed E-state index contributed by atoms with van der Waals surface area (Å²) in [6.07, 6.45) is 0.231. The Balaban J connectivity index is 1.22. The number of nitrogens with zero attached hydrogens (tertiary/aromatic N) is 2. The number of carbonyl (C=O) groups is 2. The summed E-state index contributed by atoms with van der Waals surface area (Å²) in [5.74, 6) is 1.25. The van der Waals surface area contributed by atoms with E-state index in [-0.39, 0.29) is 24.5 Å². The topological polar surface area (TPSA) is 71.1 Å². The average molecular weight is 430 g/mol. The zero-order valence-electron chi connectivity index (χ0n) is 17.1. The first-order chi connectivity index (χ1) is 14.6. The molecule has 0 radical (unpaired) electrons. The van der Waals surface area contributed by atoms with Crippen LogP contribution in [-0.4, -0.2) is 73.1 Å². The van der Waals surface area contributed by atoms with Crippen molar-refractivity contribution in [2.75, 3.05) is 39.3 Å². The van der Waals surface area contributed by atoms with E-state index in [1.165, 1.54) is 4.88 Å². The largest absolute Gasteiger partial charge is 0.485 e. The van der Waals surface area contributed by atoms with Crippen LogP contribution in [0, 0.1) is 0 Å². The van der Waals surface area contributed by atoms with E-state index >= 15 is 0 Å². The zero-order chi connectivity index (χ0) is 20.9. The van der Waals surface area contributed by atoms with Crippen molar-refractivity contribution in [1.29, 1.82) is 0 Å². The van der Waals surface area contributed by atoms with Gasteiger partial charge in [0, 0.05) is 37.6 Å². The van der Waals surface area contributed by atoms with Crippen molar-refractivity contribution in [2.45, 2.75) is 25.5 Å². The minimum absolute atomic E-state index is 0.0342. The first-order valence-electron chi connectivity index (χ1n) is 10.3. The molecule has 0 aliphatic carbocycles. The second kappa shape index (κ2) is 9.49. The lowest BCUT2D eigenvalue weighted by Gasteiger charge is -2.39. The van der Waals surface area contributed by atoms with Crippen LogP contribution < -0.4 is 14.8 Å². The van der Waals surface area contributed by atoms with Crippen molar-refractivity contribution in [2.24, 2.45) is 0 Å². The molecule has 0 saturated carbocycles. The van der Waals surface area contributed by atoms with Crippen LogP contribution in [0.15, 0.2) is 41.8 Å². The second-order valence-electron chi connectivity index (χ2n) is 7.52. The van der Waals surface area contributed by atoms with E-state index in [1.807, 2.05) is 42.6 Å². The van der Waals surface area contributed by atoms with Gasteiger partial charge in [-0.2, -0.15) is 0 Å². The number of hydrogen-bond acceptors (Lipinski definition) is 6. The van der Waals surface area contributed by atoms with E-state index in [1.54, 1.807) is 16.2 Å². The minimum Gasteiger partial charge on any atom is -0.485 e. The van der Waals surface area contributed by atoms with Crippen LogP contribution in [0.3, 0.4) is 0 Å². The summed E-state index contributed by atoms with van der Waals surface area (Å²) in [4.78, 5) is 30.5. The number of ether oxygens (including phenoxy) is 2. The van der Waals surface area contributed by atoms with Crippen molar-refractivity contribution in [1.82, 2.24) is 15.1 Å². The molecule has 160 valence electrons. The molecule has 8 heteroatoms. The predicted molar refractivity (Wildman–Crippen MR) is 115 cm³/mol. The molecule has 1 N–H and O–H groups in total. The summed E-state index contributed by atoms with van der Waals surface area (Å²) in [7, 11) is 0. The third-order valence-corrected chi connectivity index (χ3v) is 6.52. The van der Waals surface area contributed by atoms with Gasteiger partial charge in [0.2, 0.25) is 12.0 Å². The Labute approximate surface area is 180 Å². The summed E-state index contributed by atoms with van der Waals surface area (Å²) in [5, 5.41) is 5.07. The van der Waals surface area contributed by atoms with Crippen LogP contribution in [0.5, 0.6) is 11.5 Å². The Hall–Kier alpha value is -2.58. The highest BCUT2D eigenvalue weighted by molar-refractivity contribution is 7.09. The lowest BCUT2D eigenvalue weighted by atomic mass is 10.2. The standard InChI is InChI=1S/C22H27N3O4S/c1-16(21(26)23-9-8-17-5-4-14-30-17)24-10-12-25(13-11-24)22(27)20-15-28-18-6-2-3-7-19(18)29-20/h2-7,14,16,20H,8-13,15H2,1H3,(H,23,26)/t16-,20-/m0/s1. The maximum atomic E-state index is 12.9. The van der Waals surface area contributed by atoms with Crippen LogP contribution >= 0.6 is 11.3 Å². The molecule has 0 spiro atoms. The number of benzene rings is 1. The molecule has 3 heterocycles. The molecule has 1 aromatic carbocycles. The number of fused-ring (bicyclic) bond motifs is 1. The van der Waals surface area contributed by atoms with E-state index in [0.717, 1.165) is 6.42 Å². The number of amides is 2. The number of hydrogen-bond donors (Lipinski definition) is 1. The van der Waals surface area contributed by atoms with Crippen molar-refractivity contribution < 1.29 is 19.1 Å². The Bertz CT molecular complexity index is 865. The molecule has 4 rings (SSSR count).